The number of pyridine rings is 1. The fourth-order valence-electron chi connectivity index (χ4n) is 3.31. The van der Waals surface area contributed by atoms with Crippen LogP contribution in [0.1, 0.15) is 66.6 Å². The van der Waals surface area contributed by atoms with Crippen molar-refractivity contribution >= 4 is 5.91 Å². The van der Waals surface area contributed by atoms with Crippen molar-refractivity contribution in [1.29, 1.82) is 5.26 Å². The van der Waals surface area contributed by atoms with Gasteiger partial charge in [0.15, 0.2) is 6.61 Å². The van der Waals surface area contributed by atoms with Crippen molar-refractivity contribution < 1.29 is 22.7 Å². The average molecular weight is 367 g/mol. The van der Waals surface area contributed by atoms with Crippen molar-refractivity contribution in [3.8, 4) is 11.8 Å². The number of alkyl halides is 3. The number of amides is 1. The molecule has 2 aliphatic carbocycles. The van der Waals surface area contributed by atoms with Gasteiger partial charge >= 0.3 is 6.18 Å². The van der Waals surface area contributed by atoms with Crippen molar-refractivity contribution in [2.75, 3.05) is 6.61 Å². The van der Waals surface area contributed by atoms with E-state index in [1.165, 1.54) is 6.20 Å². The van der Waals surface area contributed by atoms with E-state index < -0.39 is 24.1 Å². The minimum Gasteiger partial charge on any atom is -0.483 e. The van der Waals surface area contributed by atoms with Gasteiger partial charge in [0.05, 0.1) is 11.5 Å². The Balaban J connectivity index is 2.14. The fourth-order valence-corrected chi connectivity index (χ4v) is 3.31. The minimum absolute atomic E-state index is 0.0373. The van der Waals surface area contributed by atoms with Gasteiger partial charge in [0.25, 0.3) is 5.91 Å². The van der Waals surface area contributed by atoms with E-state index in [9.17, 15) is 23.2 Å². The average Bonchev–Trinajstić information content (AvgIpc) is 3.44. The predicted molar refractivity (Wildman–Crippen MR) is 86.6 cm³/mol. The second-order valence-corrected chi connectivity index (χ2v) is 7.40. The van der Waals surface area contributed by atoms with Crippen LogP contribution in [-0.4, -0.2) is 23.7 Å². The Hall–Kier alpha value is -2.30. The van der Waals surface area contributed by atoms with E-state index in [-0.39, 0.29) is 22.9 Å². The molecule has 1 atom stereocenters. The number of primary amides is 1. The summed E-state index contributed by atoms with van der Waals surface area (Å²) in [5.74, 6) is -0.578. The molecule has 2 N–H and O–H groups in total. The Labute approximate surface area is 149 Å². The number of hydrogen-bond acceptors (Lipinski definition) is 4. The maximum atomic E-state index is 12.8. The number of rotatable bonds is 7. The highest BCUT2D eigenvalue weighted by molar-refractivity contribution is 5.94. The fraction of sp³-hybridized carbons (Fsp3) is 0.611. The van der Waals surface area contributed by atoms with Crippen LogP contribution in [-0.2, 0) is 5.41 Å². The molecule has 0 radical (unpaired) electrons. The molecule has 2 fully saturated rings. The molecule has 0 aromatic carbocycles. The zero-order valence-electron chi connectivity index (χ0n) is 14.4. The van der Waals surface area contributed by atoms with Crippen molar-refractivity contribution in [1.82, 2.24) is 4.98 Å². The Morgan fingerprint density at radius 1 is 1.38 bits per heavy atom. The molecule has 26 heavy (non-hydrogen) atoms. The monoisotopic (exact) mass is 367 g/mol. The molecule has 0 aliphatic heterocycles. The summed E-state index contributed by atoms with van der Waals surface area (Å²) in [4.78, 5) is 16.0. The highest BCUT2D eigenvalue weighted by atomic mass is 19.4. The van der Waals surface area contributed by atoms with Crippen LogP contribution in [0.3, 0.4) is 0 Å². The number of ether oxygens (including phenoxy) is 1. The van der Waals surface area contributed by atoms with Gasteiger partial charge in [-0.1, -0.05) is 12.8 Å². The third-order valence-electron chi connectivity index (χ3n) is 4.88. The van der Waals surface area contributed by atoms with Crippen LogP contribution in [0.4, 0.5) is 13.2 Å². The summed E-state index contributed by atoms with van der Waals surface area (Å²) in [5, 5.41) is 9.81. The van der Waals surface area contributed by atoms with Crippen LogP contribution >= 0.6 is 0 Å². The van der Waals surface area contributed by atoms with Crippen molar-refractivity contribution in [3.63, 3.8) is 0 Å². The molecule has 2 saturated carbocycles. The second kappa shape index (κ2) is 6.45. The molecule has 1 aromatic heterocycles. The van der Waals surface area contributed by atoms with Crippen molar-refractivity contribution in [2.24, 2.45) is 11.7 Å². The van der Waals surface area contributed by atoms with Crippen LogP contribution in [0, 0.1) is 17.2 Å². The Morgan fingerprint density at radius 2 is 2.04 bits per heavy atom. The summed E-state index contributed by atoms with van der Waals surface area (Å²) < 4.78 is 43.5. The summed E-state index contributed by atoms with van der Waals surface area (Å²) in [6.45, 7) is 0.124. The summed E-state index contributed by atoms with van der Waals surface area (Å²) in [6.07, 6.45) is 0.795. The Bertz CT molecular complexity index is 764. The maximum absolute atomic E-state index is 12.8. The van der Waals surface area contributed by atoms with Crippen LogP contribution in [0.25, 0.3) is 0 Å². The molecule has 1 heterocycles. The lowest BCUT2D eigenvalue weighted by Gasteiger charge is -2.28. The van der Waals surface area contributed by atoms with E-state index >= 15 is 0 Å². The summed E-state index contributed by atoms with van der Waals surface area (Å²) >= 11 is 0. The van der Waals surface area contributed by atoms with Crippen molar-refractivity contribution in [2.45, 2.75) is 56.5 Å². The van der Waals surface area contributed by atoms with Crippen LogP contribution < -0.4 is 10.5 Å². The highest BCUT2D eigenvalue weighted by Crippen LogP contribution is 2.50. The summed E-state index contributed by atoms with van der Waals surface area (Å²) in [7, 11) is 0. The topological polar surface area (TPSA) is 89.0 Å². The number of hydrogen-bond donors (Lipinski definition) is 1. The van der Waals surface area contributed by atoms with Crippen molar-refractivity contribution in [3.05, 3.63) is 23.0 Å². The van der Waals surface area contributed by atoms with Gasteiger partial charge < -0.3 is 10.5 Å². The van der Waals surface area contributed by atoms with Crippen LogP contribution in [0.15, 0.2) is 6.20 Å². The number of carbonyl (C=O) groups excluding carboxylic acids is 1. The standard InChI is InChI=1S/C18H20F3N3O2/c1-17(8-22,6-10-2-3-10)13-14(16(23)25)24-7-12(11-4-5-11)15(13)26-9-18(19,20)21/h7,10-11H,2-6,9H2,1H3,(H2,23,25). The summed E-state index contributed by atoms with van der Waals surface area (Å²) in [6, 6.07) is 2.18. The summed E-state index contributed by atoms with van der Waals surface area (Å²) in [5.41, 5.74) is 4.67. The normalized spacial score (nSPS) is 19.5. The number of aromatic nitrogens is 1. The molecule has 2 aliphatic rings. The van der Waals surface area contributed by atoms with Gasteiger partial charge in [-0.15, -0.1) is 0 Å². The largest absolute Gasteiger partial charge is 0.483 e. The zero-order valence-corrected chi connectivity index (χ0v) is 14.4. The van der Waals surface area contributed by atoms with Crippen LogP contribution in [0.2, 0.25) is 0 Å². The van der Waals surface area contributed by atoms with E-state index in [2.05, 4.69) is 11.1 Å². The van der Waals surface area contributed by atoms with Gasteiger partial charge in [-0.3, -0.25) is 9.78 Å². The lowest BCUT2D eigenvalue weighted by atomic mass is 9.77. The Kier molecular flexibility index (Phi) is 4.59. The van der Waals surface area contributed by atoms with E-state index in [0.717, 1.165) is 25.7 Å². The van der Waals surface area contributed by atoms with Gasteiger partial charge in [-0.25, -0.2) is 0 Å². The van der Waals surface area contributed by atoms with Crippen LogP contribution in [0.5, 0.6) is 5.75 Å². The molecule has 140 valence electrons. The zero-order chi connectivity index (χ0) is 19.1. The first-order chi connectivity index (χ1) is 12.1. The molecule has 8 heteroatoms. The first-order valence-corrected chi connectivity index (χ1v) is 8.58. The van der Waals surface area contributed by atoms with Gasteiger partial charge in [0.1, 0.15) is 11.4 Å². The maximum Gasteiger partial charge on any atom is 0.422 e. The lowest BCUT2D eigenvalue weighted by molar-refractivity contribution is -0.153. The third kappa shape index (κ3) is 3.92. The molecule has 1 amide bonds. The lowest BCUT2D eigenvalue weighted by Crippen LogP contribution is -2.30. The first kappa shape index (κ1) is 18.5. The predicted octanol–water partition coefficient (Wildman–Crippen LogP) is 3.58. The van der Waals surface area contributed by atoms with E-state index in [1.807, 2.05) is 0 Å². The van der Waals surface area contributed by atoms with Gasteiger partial charge in [-0.2, -0.15) is 18.4 Å². The molecule has 1 aromatic rings. The number of nitrogens with zero attached hydrogens (tertiary/aromatic N) is 2. The highest BCUT2D eigenvalue weighted by Gasteiger charge is 2.43. The van der Waals surface area contributed by atoms with Gasteiger partial charge in [0.2, 0.25) is 0 Å². The quantitative estimate of drug-likeness (QED) is 0.798. The molecule has 0 spiro atoms. The number of nitriles is 1. The molecule has 3 rings (SSSR count). The molecular formula is C18H20F3N3O2. The molecule has 1 unspecified atom stereocenters. The van der Waals surface area contributed by atoms with E-state index in [0.29, 0.717) is 17.9 Å². The van der Waals surface area contributed by atoms with Gasteiger partial charge in [-0.05, 0) is 38.0 Å². The first-order valence-electron chi connectivity index (χ1n) is 8.58. The minimum atomic E-state index is -4.53. The van der Waals surface area contributed by atoms with E-state index in [4.69, 9.17) is 10.5 Å². The Morgan fingerprint density at radius 3 is 2.50 bits per heavy atom. The number of carbonyl (C=O) groups is 1. The smallest absolute Gasteiger partial charge is 0.422 e. The molecule has 0 saturated heterocycles. The number of nitrogens with two attached hydrogens (primary N) is 1. The molecular weight excluding hydrogens is 347 g/mol. The van der Waals surface area contributed by atoms with Gasteiger partial charge in [0, 0.05) is 17.3 Å². The second-order valence-electron chi connectivity index (χ2n) is 7.40. The van der Waals surface area contributed by atoms with E-state index in [1.54, 1.807) is 6.92 Å². The molecule has 0 bridgehead atoms. The molecule has 5 nitrogen and oxygen atoms in total. The SMILES string of the molecule is CC(C#N)(CC1CC1)c1c(C(N)=O)ncc(C2CC2)c1OCC(F)(F)F. The number of halogens is 3. The third-order valence-corrected chi connectivity index (χ3v) is 4.88.